The largest absolute Gasteiger partial charge is 0.496 e. The molecule has 0 amide bonds. The van der Waals surface area contributed by atoms with Crippen LogP contribution >= 0.6 is 0 Å². The second-order valence-electron chi connectivity index (χ2n) is 7.24. The molecule has 7 nitrogen and oxygen atoms in total. The average Bonchev–Trinajstić information content (AvgIpc) is 3.25. The minimum absolute atomic E-state index is 0.000215. The average molecular weight is 370 g/mol. The number of methoxy groups -OCH3 is 1. The number of benzene rings is 1. The number of aromatic nitrogens is 2. The van der Waals surface area contributed by atoms with Gasteiger partial charge in [-0.1, -0.05) is 26.0 Å². The van der Waals surface area contributed by atoms with Gasteiger partial charge in [0.25, 0.3) is 0 Å². The maximum Gasteiger partial charge on any atom is 0.223 e. The van der Waals surface area contributed by atoms with E-state index in [1.807, 2.05) is 30.3 Å². The van der Waals surface area contributed by atoms with Gasteiger partial charge >= 0.3 is 0 Å². The molecule has 7 heteroatoms. The SMILES string of the molecule is COc1ccccc1-c1ccnc(NC2COC3C(NC(C)C)COC23)n1. The number of nitrogens with zero attached hydrogens (tertiary/aromatic N) is 2. The van der Waals surface area contributed by atoms with Crippen molar-refractivity contribution >= 4 is 5.95 Å². The van der Waals surface area contributed by atoms with Crippen LogP contribution in [-0.2, 0) is 9.47 Å². The fraction of sp³-hybridized carbons (Fsp3) is 0.500. The van der Waals surface area contributed by atoms with Crippen molar-refractivity contribution in [1.29, 1.82) is 0 Å². The van der Waals surface area contributed by atoms with Gasteiger partial charge in [0.1, 0.15) is 18.0 Å². The highest BCUT2D eigenvalue weighted by Gasteiger charge is 2.47. The van der Waals surface area contributed by atoms with Crippen LogP contribution in [0.3, 0.4) is 0 Å². The molecule has 3 heterocycles. The van der Waals surface area contributed by atoms with Crippen molar-refractivity contribution in [1.82, 2.24) is 15.3 Å². The highest BCUT2D eigenvalue weighted by atomic mass is 16.6. The van der Waals surface area contributed by atoms with Crippen molar-refractivity contribution in [3.63, 3.8) is 0 Å². The van der Waals surface area contributed by atoms with E-state index in [-0.39, 0.29) is 24.3 Å². The van der Waals surface area contributed by atoms with Crippen LogP contribution in [0, 0.1) is 0 Å². The Morgan fingerprint density at radius 3 is 2.59 bits per heavy atom. The molecule has 0 bridgehead atoms. The first-order valence-corrected chi connectivity index (χ1v) is 9.38. The smallest absolute Gasteiger partial charge is 0.223 e. The number of anilines is 1. The van der Waals surface area contributed by atoms with Crippen molar-refractivity contribution in [2.45, 2.75) is 44.2 Å². The molecule has 1 aromatic heterocycles. The number of para-hydroxylation sites is 1. The first-order valence-electron chi connectivity index (χ1n) is 9.38. The Balaban J connectivity index is 1.48. The first kappa shape index (κ1) is 18.2. The molecule has 2 saturated heterocycles. The van der Waals surface area contributed by atoms with Gasteiger partial charge in [-0.15, -0.1) is 0 Å². The van der Waals surface area contributed by atoms with Gasteiger partial charge in [-0.25, -0.2) is 9.97 Å². The summed E-state index contributed by atoms with van der Waals surface area (Å²) in [4.78, 5) is 9.04. The summed E-state index contributed by atoms with van der Waals surface area (Å²) in [6, 6.07) is 10.4. The van der Waals surface area contributed by atoms with Crippen LogP contribution in [0.1, 0.15) is 13.8 Å². The summed E-state index contributed by atoms with van der Waals surface area (Å²) >= 11 is 0. The van der Waals surface area contributed by atoms with E-state index >= 15 is 0 Å². The maximum absolute atomic E-state index is 6.00. The number of hydrogen-bond acceptors (Lipinski definition) is 7. The third kappa shape index (κ3) is 3.76. The zero-order valence-corrected chi connectivity index (χ0v) is 15.9. The summed E-state index contributed by atoms with van der Waals surface area (Å²) in [5.41, 5.74) is 1.75. The Labute approximate surface area is 159 Å². The summed E-state index contributed by atoms with van der Waals surface area (Å²) in [5, 5.41) is 6.91. The topological polar surface area (TPSA) is 77.5 Å². The van der Waals surface area contributed by atoms with Gasteiger partial charge in [-0.3, -0.25) is 0 Å². The Hall–Kier alpha value is -2.22. The van der Waals surface area contributed by atoms with Gasteiger partial charge in [0.2, 0.25) is 5.95 Å². The zero-order valence-electron chi connectivity index (χ0n) is 15.9. The molecule has 0 radical (unpaired) electrons. The van der Waals surface area contributed by atoms with Crippen molar-refractivity contribution in [3.8, 4) is 17.0 Å². The van der Waals surface area contributed by atoms with Crippen molar-refractivity contribution in [3.05, 3.63) is 36.5 Å². The van der Waals surface area contributed by atoms with Crippen LogP contribution in [0.4, 0.5) is 5.95 Å². The van der Waals surface area contributed by atoms with Crippen LogP contribution in [0.25, 0.3) is 11.3 Å². The molecule has 4 rings (SSSR count). The van der Waals surface area contributed by atoms with Crippen LogP contribution in [-0.4, -0.2) is 60.6 Å². The van der Waals surface area contributed by atoms with Gasteiger partial charge in [-0.2, -0.15) is 0 Å². The molecule has 144 valence electrons. The van der Waals surface area contributed by atoms with Crippen molar-refractivity contribution in [2.24, 2.45) is 0 Å². The van der Waals surface area contributed by atoms with Gasteiger partial charge in [0, 0.05) is 17.8 Å². The lowest BCUT2D eigenvalue weighted by atomic mass is 10.1. The predicted octanol–water partition coefficient (Wildman–Crippen LogP) is 2.10. The Bertz CT molecular complexity index is 785. The van der Waals surface area contributed by atoms with Gasteiger partial charge in [-0.05, 0) is 18.2 Å². The standard InChI is InChI=1S/C20H26N4O3/c1-12(2)22-15-10-26-19-16(11-27-18(15)19)24-20-21-9-8-14(23-20)13-6-4-5-7-17(13)25-3/h4-9,12,15-16,18-19,22H,10-11H2,1-3H3,(H,21,23,24). The fourth-order valence-electron chi connectivity index (χ4n) is 3.79. The van der Waals surface area contributed by atoms with Gasteiger partial charge < -0.3 is 24.8 Å². The first-order chi connectivity index (χ1) is 13.2. The van der Waals surface area contributed by atoms with E-state index in [0.717, 1.165) is 17.0 Å². The number of hydrogen-bond donors (Lipinski definition) is 2. The summed E-state index contributed by atoms with van der Waals surface area (Å²) in [6.45, 7) is 5.51. The monoisotopic (exact) mass is 370 g/mol. The van der Waals surface area contributed by atoms with Gasteiger partial charge in [0.05, 0.1) is 38.1 Å². The van der Waals surface area contributed by atoms with E-state index in [9.17, 15) is 0 Å². The summed E-state index contributed by atoms with van der Waals surface area (Å²) in [6.07, 6.45) is 1.81. The minimum atomic E-state index is -0.000215. The van der Waals surface area contributed by atoms with E-state index in [0.29, 0.717) is 25.2 Å². The van der Waals surface area contributed by atoms with Crippen LogP contribution in [0.15, 0.2) is 36.5 Å². The van der Waals surface area contributed by atoms with E-state index in [2.05, 4.69) is 34.4 Å². The molecule has 0 saturated carbocycles. The van der Waals surface area contributed by atoms with Crippen molar-refractivity contribution < 1.29 is 14.2 Å². The molecule has 1 aromatic carbocycles. The molecule has 2 aliphatic heterocycles. The van der Waals surface area contributed by atoms with Crippen molar-refractivity contribution in [2.75, 3.05) is 25.6 Å². The Morgan fingerprint density at radius 2 is 1.81 bits per heavy atom. The van der Waals surface area contributed by atoms with Crippen LogP contribution < -0.4 is 15.4 Å². The fourth-order valence-corrected chi connectivity index (χ4v) is 3.79. The Morgan fingerprint density at radius 1 is 1.07 bits per heavy atom. The number of nitrogens with one attached hydrogen (secondary N) is 2. The third-order valence-corrected chi connectivity index (χ3v) is 4.95. The summed E-state index contributed by atoms with van der Waals surface area (Å²) < 4.78 is 17.4. The molecule has 2 N–H and O–H groups in total. The molecular formula is C20H26N4O3. The van der Waals surface area contributed by atoms with E-state index < -0.39 is 0 Å². The zero-order chi connectivity index (χ0) is 18.8. The second kappa shape index (κ2) is 7.80. The lowest BCUT2D eigenvalue weighted by molar-refractivity contribution is 0.0670. The molecule has 4 unspecified atom stereocenters. The molecular weight excluding hydrogens is 344 g/mol. The molecule has 27 heavy (non-hydrogen) atoms. The summed E-state index contributed by atoms with van der Waals surface area (Å²) in [7, 11) is 1.66. The predicted molar refractivity (Wildman–Crippen MR) is 103 cm³/mol. The summed E-state index contributed by atoms with van der Waals surface area (Å²) in [5.74, 6) is 1.35. The normalized spacial score (nSPS) is 27.0. The number of ether oxygens (including phenoxy) is 3. The number of fused-ring (bicyclic) bond motifs is 1. The third-order valence-electron chi connectivity index (χ3n) is 4.95. The maximum atomic E-state index is 6.00. The minimum Gasteiger partial charge on any atom is -0.496 e. The molecule has 2 aliphatic rings. The van der Waals surface area contributed by atoms with E-state index in [1.165, 1.54) is 0 Å². The quantitative estimate of drug-likeness (QED) is 0.806. The lowest BCUT2D eigenvalue weighted by Gasteiger charge is -2.20. The highest BCUT2D eigenvalue weighted by Crippen LogP contribution is 2.30. The van der Waals surface area contributed by atoms with Crippen LogP contribution in [0.2, 0.25) is 0 Å². The second-order valence-corrected chi connectivity index (χ2v) is 7.24. The molecule has 2 fully saturated rings. The highest BCUT2D eigenvalue weighted by molar-refractivity contribution is 5.67. The molecule has 2 aromatic rings. The molecule has 0 aliphatic carbocycles. The van der Waals surface area contributed by atoms with E-state index in [4.69, 9.17) is 14.2 Å². The molecule has 4 atom stereocenters. The van der Waals surface area contributed by atoms with Crippen LogP contribution in [0.5, 0.6) is 5.75 Å². The van der Waals surface area contributed by atoms with E-state index in [1.54, 1.807) is 13.3 Å². The lowest BCUT2D eigenvalue weighted by Crippen LogP contribution is -2.44. The van der Waals surface area contributed by atoms with Gasteiger partial charge in [0.15, 0.2) is 0 Å². The Kier molecular flexibility index (Phi) is 5.24. The molecule has 0 spiro atoms. The number of rotatable bonds is 6.